The molecule has 4 heteroatoms. The average molecular weight is 463 g/mol. The van der Waals surface area contributed by atoms with Gasteiger partial charge in [-0.15, -0.1) is 0 Å². The monoisotopic (exact) mass is 462 g/mol. The van der Waals surface area contributed by atoms with Gasteiger partial charge in [0.05, 0.1) is 12.8 Å². The molecule has 184 valence electrons. The van der Waals surface area contributed by atoms with Crippen LogP contribution in [0.5, 0.6) is 0 Å². The van der Waals surface area contributed by atoms with Gasteiger partial charge in [-0.25, -0.2) is 0 Å². The molecule has 0 bridgehead atoms. The van der Waals surface area contributed by atoms with Gasteiger partial charge in [0, 0.05) is 12.1 Å². The highest BCUT2D eigenvalue weighted by molar-refractivity contribution is 5.87. The molecule has 2 N–H and O–H groups in total. The standard InChI is InChI=1S/C30H42N2O2/c1-19-7-5-9-27(21(19)3)31-29(33)17-23-11-13-26-16-24(12-14-25(26)15-23)18-30(34)32-28-10-6-8-20(2)22(28)4/h11-16,19-22,27-28H,5-10,17-18H2,1-4H3,(H,31,33)(H,32,34). The van der Waals surface area contributed by atoms with Gasteiger partial charge < -0.3 is 10.6 Å². The Morgan fingerprint density at radius 1 is 0.676 bits per heavy atom. The Hall–Kier alpha value is -2.36. The number of amides is 2. The maximum absolute atomic E-state index is 12.7. The molecule has 0 aromatic heterocycles. The number of hydrogen-bond donors (Lipinski definition) is 2. The fraction of sp³-hybridized carbons (Fsp3) is 0.600. The lowest BCUT2D eigenvalue weighted by molar-refractivity contribution is -0.122. The number of benzene rings is 2. The summed E-state index contributed by atoms with van der Waals surface area (Å²) in [5.74, 6) is 2.65. The number of nitrogens with one attached hydrogen (secondary N) is 2. The summed E-state index contributed by atoms with van der Waals surface area (Å²) in [5.41, 5.74) is 2.07. The maximum atomic E-state index is 12.7. The molecule has 6 atom stereocenters. The number of carbonyl (C=O) groups is 2. The predicted octanol–water partition coefficient (Wildman–Crippen LogP) is 5.81. The van der Waals surface area contributed by atoms with Crippen LogP contribution in [0.15, 0.2) is 36.4 Å². The van der Waals surface area contributed by atoms with Crippen molar-refractivity contribution in [2.75, 3.05) is 0 Å². The van der Waals surface area contributed by atoms with Crippen molar-refractivity contribution in [3.05, 3.63) is 47.5 Å². The Balaban J connectivity index is 1.34. The zero-order valence-corrected chi connectivity index (χ0v) is 21.4. The fourth-order valence-electron chi connectivity index (χ4n) is 6.02. The van der Waals surface area contributed by atoms with E-state index < -0.39 is 0 Å². The van der Waals surface area contributed by atoms with Gasteiger partial charge in [0.25, 0.3) is 0 Å². The summed E-state index contributed by atoms with van der Waals surface area (Å²) in [6.07, 6.45) is 7.93. The number of fused-ring (bicyclic) bond motifs is 1. The first kappa shape index (κ1) is 24.8. The van der Waals surface area contributed by atoms with Crippen molar-refractivity contribution in [2.45, 2.75) is 91.1 Å². The SMILES string of the molecule is CC1CCCC(NC(=O)Cc2ccc3cc(CC(=O)NC4CCCC(C)C4C)ccc3c2)C1C. The van der Waals surface area contributed by atoms with Gasteiger partial charge in [-0.05, 0) is 58.4 Å². The molecular formula is C30H42N2O2. The Bertz CT molecular complexity index is 935. The molecule has 0 saturated heterocycles. The largest absolute Gasteiger partial charge is 0.353 e. The molecule has 2 aliphatic rings. The van der Waals surface area contributed by atoms with Crippen LogP contribution in [-0.4, -0.2) is 23.9 Å². The molecule has 0 radical (unpaired) electrons. The lowest BCUT2D eigenvalue weighted by atomic mass is 9.78. The third-order valence-corrected chi connectivity index (χ3v) is 8.80. The Morgan fingerprint density at radius 3 is 1.50 bits per heavy atom. The summed E-state index contributed by atoms with van der Waals surface area (Å²) in [5, 5.41) is 8.79. The van der Waals surface area contributed by atoms with Gasteiger partial charge in [0.2, 0.25) is 11.8 Å². The van der Waals surface area contributed by atoms with E-state index in [4.69, 9.17) is 0 Å². The van der Waals surface area contributed by atoms with Gasteiger partial charge >= 0.3 is 0 Å². The van der Waals surface area contributed by atoms with Crippen molar-refractivity contribution >= 4 is 22.6 Å². The summed E-state index contributed by atoms with van der Waals surface area (Å²) in [7, 11) is 0. The molecule has 2 aromatic carbocycles. The van der Waals surface area contributed by atoms with Crippen LogP contribution in [0.3, 0.4) is 0 Å². The molecule has 0 heterocycles. The quantitative estimate of drug-likeness (QED) is 0.569. The van der Waals surface area contributed by atoms with Crippen LogP contribution in [-0.2, 0) is 22.4 Å². The van der Waals surface area contributed by atoms with Crippen LogP contribution in [0.4, 0.5) is 0 Å². The van der Waals surface area contributed by atoms with Crippen molar-refractivity contribution in [1.82, 2.24) is 10.6 Å². The lowest BCUT2D eigenvalue weighted by Crippen LogP contribution is -2.44. The first-order valence-electron chi connectivity index (χ1n) is 13.4. The van der Waals surface area contributed by atoms with E-state index in [1.165, 1.54) is 25.7 Å². The van der Waals surface area contributed by atoms with E-state index in [2.05, 4.69) is 62.6 Å². The first-order valence-corrected chi connectivity index (χ1v) is 13.4. The summed E-state index contributed by atoms with van der Waals surface area (Å²) >= 11 is 0. The number of hydrogen-bond acceptors (Lipinski definition) is 2. The molecule has 4 nitrogen and oxygen atoms in total. The van der Waals surface area contributed by atoms with Crippen LogP contribution in [0, 0.1) is 23.7 Å². The van der Waals surface area contributed by atoms with Crippen LogP contribution < -0.4 is 10.6 Å². The minimum atomic E-state index is 0.116. The van der Waals surface area contributed by atoms with E-state index >= 15 is 0 Å². The third kappa shape index (κ3) is 6.00. The normalized spacial score (nSPS) is 29.5. The van der Waals surface area contributed by atoms with E-state index in [1.54, 1.807) is 0 Å². The van der Waals surface area contributed by atoms with Gasteiger partial charge in [-0.2, -0.15) is 0 Å². The summed E-state index contributed by atoms with van der Waals surface area (Å²) < 4.78 is 0. The molecule has 0 aliphatic heterocycles. The molecule has 2 aromatic rings. The molecule has 2 aliphatic carbocycles. The van der Waals surface area contributed by atoms with Gasteiger partial charge in [0.15, 0.2) is 0 Å². The van der Waals surface area contributed by atoms with Gasteiger partial charge in [-0.1, -0.05) is 89.8 Å². The Labute approximate surface area is 205 Å². The summed E-state index contributed by atoms with van der Waals surface area (Å²) in [6, 6.07) is 13.1. The molecule has 2 amide bonds. The predicted molar refractivity (Wildman–Crippen MR) is 140 cm³/mol. The minimum Gasteiger partial charge on any atom is -0.353 e. The highest BCUT2D eigenvalue weighted by Crippen LogP contribution is 2.30. The van der Waals surface area contributed by atoms with Gasteiger partial charge in [-0.3, -0.25) is 9.59 Å². The molecule has 2 fully saturated rings. The van der Waals surface area contributed by atoms with Crippen molar-refractivity contribution in [3.63, 3.8) is 0 Å². The topological polar surface area (TPSA) is 58.2 Å². The molecule has 4 rings (SSSR count). The van der Waals surface area contributed by atoms with E-state index in [0.29, 0.717) is 48.6 Å². The second-order valence-corrected chi connectivity index (χ2v) is 11.3. The van der Waals surface area contributed by atoms with E-state index in [1.807, 2.05) is 12.1 Å². The van der Waals surface area contributed by atoms with E-state index in [9.17, 15) is 9.59 Å². The lowest BCUT2D eigenvalue weighted by Gasteiger charge is -2.34. The molecule has 6 unspecified atom stereocenters. The van der Waals surface area contributed by atoms with Crippen LogP contribution >= 0.6 is 0 Å². The molecule has 0 spiro atoms. The zero-order valence-electron chi connectivity index (χ0n) is 21.4. The second-order valence-electron chi connectivity index (χ2n) is 11.3. The van der Waals surface area contributed by atoms with Crippen LogP contribution in [0.25, 0.3) is 10.8 Å². The van der Waals surface area contributed by atoms with E-state index in [-0.39, 0.29) is 11.8 Å². The van der Waals surface area contributed by atoms with Crippen molar-refractivity contribution < 1.29 is 9.59 Å². The zero-order chi connectivity index (χ0) is 24.2. The summed E-state index contributed by atoms with van der Waals surface area (Å²) in [6.45, 7) is 9.11. The number of rotatable bonds is 6. The Morgan fingerprint density at radius 2 is 1.09 bits per heavy atom. The number of carbonyl (C=O) groups excluding carboxylic acids is 2. The van der Waals surface area contributed by atoms with Gasteiger partial charge in [0.1, 0.15) is 0 Å². The molecule has 34 heavy (non-hydrogen) atoms. The van der Waals surface area contributed by atoms with Crippen LogP contribution in [0.1, 0.15) is 77.3 Å². The highest BCUT2D eigenvalue weighted by Gasteiger charge is 2.29. The smallest absolute Gasteiger partial charge is 0.224 e. The van der Waals surface area contributed by atoms with Crippen molar-refractivity contribution in [1.29, 1.82) is 0 Å². The average Bonchev–Trinajstić information content (AvgIpc) is 2.80. The second kappa shape index (κ2) is 10.9. The van der Waals surface area contributed by atoms with E-state index in [0.717, 1.165) is 34.7 Å². The molecular weight excluding hydrogens is 420 g/mol. The highest BCUT2D eigenvalue weighted by atomic mass is 16.2. The fourth-order valence-corrected chi connectivity index (χ4v) is 6.02. The van der Waals surface area contributed by atoms with Crippen LogP contribution in [0.2, 0.25) is 0 Å². The minimum absolute atomic E-state index is 0.116. The third-order valence-electron chi connectivity index (χ3n) is 8.80. The Kier molecular flexibility index (Phi) is 7.95. The van der Waals surface area contributed by atoms with Crippen molar-refractivity contribution in [2.24, 2.45) is 23.7 Å². The first-order chi connectivity index (χ1) is 16.3. The van der Waals surface area contributed by atoms with Crippen molar-refractivity contribution in [3.8, 4) is 0 Å². The molecule has 2 saturated carbocycles. The maximum Gasteiger partial charge on any atom is 0.224 e. The summed E-state index contributed by atoms with van der Waals surface area (Å²) in [4.78, 5) is 25.4.